The summed E-state index contributed by atoms with van der Waals surface area (Å²) in [6.07, 6.45) is 1.62. The van der Waals surface area contributed by atoms with Crippen molar-refractivity contribution in [2.45, 2.75) is 31.8 Å². The number of nitrogens with one attached hydrogen (secondary N) is 1. The first-order valence-corrected chi connectivity index (χ1v) is 7.11. The number of carbonyl (C=O) groups excluding carboxylic acids is 1. The lowest BCUT2D eigenvalue weighted by atomic mass is 10.1. The summed E-state index contributed by atoms with van der Waals surface area (Å²) >= 11 is 0. The van der Waals surface area contributed by atoms with Crippen molar-refractivity contribution in [2.24, 2.45) is 5.73 Å². The van der Waals surface area contributed by atoms with Gasteiger partial charge in [0.25, 0.3) is 5.91 Å². The van der Waals surface area contributed by atoms with Crippen LogP contribution >= 0.6 is 0 Å². The smallest absolute Gasteiger partial charge is 0.258 e. The maximum atomic E-state index is 13.7. The molecule has 6 heteroatoms. The van der Waals surface area contributed by atoms with Crippen molar-refractivity contribution in [1.82, 2.24) is 5.32 Å². The molecule has 2 rings (SSSR count). The van der Waals surface area contributed by atoms with Gasteiger partial charge in [0.05, 0.1) is 0 Å². The van der Waals surface area contributed by atoms with E-state index in [2.05, 4.69) is 5.32 Å². The number of benzene rings is 1. The van der Waals surface area contributed by atoms with E-state index in [0.29, 0.717) is 24.5 Å². The van der Waals surface area contributed by atoms with Crippen LogP contribution < -0.4 is 15.8 Å². The maximum Gasteiger partial charge on any atom is 0.258 e. The molecule has 116 valence electrons. The van der Waals surface area contributed by atoms with Crippen LogP contribution in [-0.2, 0) is 9.53 Å². The van der Waals surface area contributed by atoms with Crippen LogP contribution in [-0.4, -0.2) is 31.8 Å². The Balaban J connectivity index is 1.82. The topological polar surface area (TPSA) is 73.6 Å². The van der Waals surface area contributed by atoms with Crippen molar-refractivity contribution < 1.29 is 18.7 Å². The highest BCUT2D eigenvalue weighted by molar-refractivity contribution is 5.77. The van der Waals surface area contributed by atoms with Crippen LogP contribution in [0.25, 0.3) is 0 Å². The molecule has 3 N–H and O–H groups in total. The van der Waals surface area contributed by atoms with E-state index in [1.54, 1.807) is 19.1 Å². The number of hydrogen-bond acceptors (Lipinski definition) is 4. The van der Waals surface area contributed by atoms with E-state index in [0.717, 1.165) is 12.8 Å². The summed E-state index contributed by atoms with van der Waals surface area (Å²) in [6, 6.07) is 4.19. The molecule has 0 saturated carbocycles. The minimum absolute atomic E-state index is 0.131. The fraction of sp³-hybridized carbons (Fsp3) is 0.533. The fourth-order valence-electron chi connectivity index (χ4n) is 2.23. The molecule has 21 heavy (non-hydrogen) atoms. The first kappa shape index (κ1) is 15.7. The van der Waals surface area contributed by atoms with Gasteiger partial charge in [-0.1, -0.05) is 6.07 Å². The molecule has 0 bridgehead atoms. The molecule has 1 unspecified atom stereocenters. The van der Waals surface area contributed by atoms with Crippen molar-refractivity contribution in [2.75, 3.05) is 19.8 Å². The molecule has 0 spiro atoms. The van der Waals surface area contributed by atoms with Crippen LogP contribution in [0.2, 0.25) is 0 Å². The summed E-state index contributed by atoms with van der Waals surface area (Å²) in [5.41, 5.74) is 6.06. The van der Waals surface area contributed by atoms with Gasteiger partial charge in [-0.2, -0.15) is 0 Å². The number of hydrogen-bond donors (Lipinski definition) is 2. The van der Waals surface area contributed by atoms with Crippen molar-refractivity contribution >= 4 is 5.91 Å². The van der Waals surface area contributed by atoms with E-state index in [1.807, 2.05) is 0 Å². The van der Waals surface area contributed by atoms with Crippen molar-refractivity contribution in [3.05, 3.63) is 29.6 Å². The highest BCUT2D eigenvalue weighted by atomic mass is 19.1. The zero-order valence-corrected chi connectivity index (χ0v) is 12.1. The second kappa shape index (κ2) is 7.38. The van der Waals surface area contributed by atoms with E-state index >= 15 is 0 Å². The van der Waals surface area contributed by atoms with Crippen molar-refractivity contribution in [1.29, 1.82) is 0 Å². The van der Waals surface area contributed by atoms with E-state index in [4.69, 9.17) is 15.2 Å². The minimum atomic E-state index is -0.424. The van der Waals surface area contributed by atoms with Gasteiger partial charge in [0.2, 0.25) is 0 Å². The highest BCUT2D eigenvalue weighted by Gasteiger charge is 2.16. The number of ether oxygens (including phenoxy) is 2. The summed E-state index contributed by atoms with van der Waals surface area (Å²) in [4.78, 5) is 11.8. The lowest BCUT2D eigenvalue weighted by molar-refractivity contribution is -0.124. The third kappa shape index (κ3) is 4.68. The quantitative estimate of drug-likeness (QED) is 0.864. The molecular weight excluding hydrogens is 275 g/mol. The van der Waals surface area contributed by atoms with Gasteiger partial charge in [0.15, 0.2) is 6.61 Å². The Bertz CT molecular complexity index is 488. The molecular formula is C15H21FN2O3. The number of nitrogens with two attached hydrogens (primary N) is 1. The molecule has 1 heterocycles. The number of carbonyl (C=O) groups is 1. The average molecular weight is 296 g/mol. The van der Waals surface area contributed by atoms with Crippen molar-refractivity contribution in [3.63, 3.8) is 0 Å². The number of amides is 1. The molecule has 5 nitrogen and oxygen atoms in total. The Hall–Kier alpha value is -1.66. The van der Waals surface area contributed by atoms with Gasteiger partial charge in [-0.3, -0.25) is 4.79 Å². The Morgan fingerprint density at radius 3 is 2.86 bits per heavy atom. The first-order chi connectivity index (χ1) is 10.1. The van der Waals surface area contributed by atoms with E-state index < -0.39 is 5.82 Å². The largest absolute Gasteiger partial charge is 0.484 e. The zero-order valence-electron chi connectivity index (χ0n) is 12.1. The molecule has 1 saturated heterocycles. The summed E-state index contributed by atoms with van der Waals surface area (Å²) < 4.78 is 24.2. The van der Waals surface area contributed by atoms with Gasteiger partial charge in [-0.25, -0.2) is 4.39 Å². The average Bonchev–Trinajstić information content (AvgIpc) is 2.46. The maximum absolute atomic E-state index is 13.7. The Kier molecular flexibility index (Phi) is 5.52. The summed E-state index contributed by atoms with van der Waals surface area (Å²) in [6.45, 7) is 2.90. The predicted octanol–water partition coefficient (Wildman–Crippen LogP) is 1.52. The molecule has 1 aromatic rings. The SMILES string of the molecule is CC(N)c1ccc(OCC(=O)NC2CCOCC2)cc1F. The fourth-order valence-corrected chi connectivity index (χ4v) is 2.23. The van der Waals surface area contributed by atoms with Crippen LogP contribution in [0.5, 0.6) is 5.75 Å². The standard InChI is InChI=1S/C15H21FN2O3/c1-10(17)13-3-2-12(8-14(13)16)21-9-15(19)18-11-4-6-20-7-5-11/h2-3,8,10-11H,4-7,9,17H2,1H3,(H,18,19). The van der Waals surface area contributed by atoms with E-state index in [-0.39, 0.29) is 24.6 Å². The molecule has 1 fully saturated rings. The molecule has 1 atom stereocenters. The van der Waals surface area contributed by atoms with Crippen molar-refractivity contribution in [3.8, 4) is 5.75 Å². The third-order valence-corrected chi connectivity index (χ3v) is 3.42. The minimum Gasteiger partial charge on any atom is -0.484 e. The molecule has 0 aromatic heterocycles. The molecule has 1 aromatic carbocycles. The Morgan fingerprint density at radius 1 is 1.52 bits per heavy atom. The predicted molar refractivity (Wildman–Crippen MR) is 76.5 cm³/mol. The molecule has 0 radical (unpaired) electrons. The molecule has 1 aliphatic heterocycles. The second-order valence-electron chi connectivity index (χ2n) is 5.21. The van der Waals surface area contributed by atoms with Crippen LogP contribution in [0, 0.1) is 5.82 Å². The van der Waals surface area contributed by atoms with Crippen LogP contribution in [0.1, 0.15) is 31.4 Å². The van der Waals surface area contributed by atoms with E-state index in [1.165, 1.54) is 6.07 Å². The summed E-state index contributed by atoms with van der Waals surface area (Å²) in [5, 5.41) is 2.88. The summed E-state index contributed by atoms with van der Waals surface area (Å²) in [5.74, 6) is -0.315. The van der Waals surface area contributed by atoms with Gasteiger partial charge < -0.3 is 20.5 Å². The highest BCUT2D eigenvalue weighted by Crippen LogP contribution is 2.20. The van der Waals surface area contributed by atoms with Gasteiger partial charge in [0, 0.05) is 36.9 Å². The third-order valence-electron chi connectivity index (χ3n) is 3.42. The molecule has 1 amide bonds. The van der Waals surface area contributed by atoms with Crippen LogP contribution in [0.3, 0.4) is 0 Å². The van der Waals surface area contributed by atoms with E-state index in [9.17, 15) is 9.18 Å². The van der Waals surface area contributed by atoms with Crippen LogP contribution in [0.4, 0.5) is 4.39 Å². The van der Waals surface area contributed by atoms with Gasteiger partial charge in [-0.15, -0.1) is 0 Å². The Morgan fingerprint density at radius 2 is 2.24 bits per heavy atom. The zero-order chi connectivity index (χ0) is 15.2. The lowest BCUT2D eigenvalue weighted by Crippen LogP contribution is -2.41. The normalized spacial score (nSPS) is 17.3. The molecule has 1 aliphatic rings. The first-order valence-electron chi connectivity index (χ1n) is 7.11. The van der Waals surface area contributed by atoms with Crippen LogP contribution in [0.15, 0.2) is 18.2 Å². The number of rotatable bonds is 5. The monoisotopic (exact) mass is 296 g/mol. The molecule has 0 aliphatic carbocycles. The van der Waals surface area contributed by atoms with Gasteiger partial charge in [-0.05, 0) is 25.8 Å². The number of halogens is 1. The summed E-state index contributed by atoms with van der Waals surface area (Å²) in [7, 11) is 0. The second-order valence-corrected chi connectivity index (χ2v) is 5.21. The van der Waals surface area contributed by atoms with Gasteiger partial charge >= 0.3 is 0 Å². The lowest BCUT2D eigenvalue weighted by Gasteiger charge is -2.23. The Labute approximate surface area is 123 Å². The van der Waals surface area contributed by atoms with Gasteiger partial charge in [0.1, 0.15) is 11.6 Å².